The Balaban J connectivity index is 1.24. The number of alkyl halides is 4. The number of likely N-dealkylation sites (tertiary alicyclic amines) is 1. The summed E-state index contributed by atoms with van der Waals surface area (Å²) in [7, 11) is 1.84. The average Bonchev–Trinajstić information content (AvgIpc) is 3.64. The van der Waals surface area contributed by atoms with Gasteiger partial charge < -0.3 is 29.8 Å². The molecule has 2 aliphatic heterocycles. The van der Waals surface area contributed by atoms with E-state index >= 15 is 0 Å². The highest BCUT2D eigenvalue weighted by molar-refractivity contribution is 8.00. The van der Waals surface area contributed by atoms with Gasteiger partial charge in [0.2, 0.25) is 17.6 Å². The molecular formula is C27H25F4N7O3S. The third-order valence-electron chi connectivity index (χ3n) is 7.16. The van der Waals surface area contributed by atoms with E-state index < -0.39 is 23.6 Å². The fraction of sp³-hybridized carbons (Fsp3) is 0.333. The number of thioether (sulfide) groups is 1. The summed E-state index contributed by atoms with van der Waals surface area (Å²) < 4.78 is 62.2. The number of pyridine rings is 1. The molecule has 220 valence electrons. The summed E-state index contributed by atoms with van der Waals surface area (Å²) in [6.45, 7) is 0.776. The molecule has 5 heterocycles. The Hall–Kier alpha value is -4.11. The zero-order valence-electron chi connectivity index (χ0n) is 22.2. The molecular weight excluding hydrogens is 578 g/mol. The maximum absolute atomic E-state index is 14.7. The van der Waals surface area contributed by atoms with Gasteiger partial charge in [-0.1, -0.05) is 5.16 Å². The van der Waals surface area contributed by atoms with Crippen molar-refractivity contribution in [1.29, 1.82) is 0 Å². The first-order chi connectivity index (χ1) is 20.0. The summed E-state index contributed by atoms with van der Waals surface area (Å²) in [5.41, 5.74) is -1.98. The van der Waals surface area contributed by atoms with Gasteiger partial charge in [-0.25, -0.2) is 4.39 Å². The minimum atomic E-state index is -4.61. The maximum atomic E-state index is 14.7. The van der Waals surface area contributed by atoms with Crippen molar-refractivity contribution >= 4 is 40.5 Å². The van der Waals surface area contributed by atoms with Gasteiger partial charge in [0.1, 0.15) is 6.17 Å². The molecule has 0 saturated carbocycles. The highest BCUT2D eigenvalue weighted by Crippen LogP contribution is 2.44. The summed E-state index contributed by atoms with van der Waals surface area (Å²) in [4.78, 5) is 30.4. The standard InChI is InChI=1S/C27H25F4N7O3S/c1-37-8-6-19(17(28)13-37)33-20-3-2-7-38-21(20)11-16(26(38)42-27(29,30)31)24-35-23(41-36-24)12-32-25(40)14-4-5-18-15(9-14)10-22(39)34-18/h2-5,7,9,11,17,19,33H,6,8,10,12-13H2,1H3,(H,32,40)(H,34,39)/t17-,19+/m0/s1. The molecule has 42 heavy (non-hydrogen) atoms. The van der Waals surface area contributed by atoms with Crippen LogP contribution in [0.5, 0.6) is 0 Å². The van der Waals surface area contributed by atoms with Crippen molar-refractivity contribution in [1.82, 2.24) is 24.8 Å². The molecule has 4 aromatic rings. The number of amides is 2. The van der Waals surface area contributed by atoms with Crippen LogP contribution in [0, 0.1) is 0 Å². The van der Waals surface area contributed by atoms with Gasteiger partial charge in [-0.2, -0.15) is 18.2 Å². The fourth-order valence-corrected chi connectivity index (χ4v) is 5.89. The quantitative estimate of drug-likeness (QED) is 0.209. The van der Waals surface area contributed by atoms with Crippen molar-refractivity contribution in [3.05, 3.63) is 59.6 Å². The van der Waals surface area contributed by atoms with Crippen molar-refractivity contribution in [2.45, 2.75) is 42.1 Å². The number of nitrogens with zero attached hydrogens (tertiary/aromatic N) is 4. The lowest BCUT2D eigenvalue weighted by Crippen LogP contribution is -2.46. The first-order valence-corrected chi connectivity index (χ1v) is 13.9. The summed E-state index contributed by atoms with van der Waals surface area (Å²) in [6, 6.07) is 9.10. The Labute approximate surface area is 240 Å². The van der Waals surface area contributed by atoms with Gasteiger partial charge in [0.15, 0.2) is 0 Å². The van der Waals surface area contributed by atoms with Crippen LogP contribution in [0.2, 0.25) is 0 Å². The monoisotopic (exact) mass is 603 g/mol. The van der Waals surface area contributed by atoms with Gasteiger partial charge in [-0.3, -0.25) is 9.59 Å². The van der Waals surface area contributed by atoms with Crippen LogP contribution in [0.4, 0.5) is 28.9 Å². The van der Waals surface area contributed by atoms with Gasteiger partial charge in [0.05, 0.1) is 40.8 Å². The SMILES string of the molecule is CN1CC[C@@H](Nc2cccn3c(SC(F)(F)F)c(-c4noc(CNC(=O)c5ccc6c(c5)CC(=O)N6)n4)cc23)[C@@H](F)C1. The van der Waals surface area contributed by atoms with Crippen LogP contribution < -0.4 is 16.0 Å². The Morgan fingerprint density at radius 3 is 2.88 bits per heavy atom. The summed E-state index contributed by atoms with van der Waals surface area (Å²) in [5.74, 6) is -0.709. The molecule has 0 radical (unpaired) electrons. The minimum Gasteiger partial charge on any atom is -0.378 e. The van der Waals surface area contributed by atoms with Crippen molar-refractivity contribution in [3.8, 4) is 11.4 Å². The second kappa shape index (κ2) is 10.9. The molecule has 0 aliphatic carbocycles. The number of benzene rings is 1. The van der Waals surface area contributed by atoms with E-state index in [4.69, 9.17) is 4.52 Å². The molecule has 2 aliphatic rings. The number of carbonyl (C=O) groups excluding carboxylic acids is 2. The molecule has 0 spiro atoms. The molecule has 1 aromatic carbocycles. The predicted molar refractivity (Wildman–Crippen MR) is 147 cm³/mol. The zero-order chi connectivity index (χ0) is 29.6. The van der Waals surface area contributed by atoms with Crippen molar-refractivity contribution < 1.29 is 31.7 Å². The average molecular weight is 604 g/mol. The van der Waals surface area contributed by atoms with E-state index in [2.05, 4.69) is 26.1 Å². The normalized spacial score (nSPS) is 19.1. The number of halogens is 4. The molecule has 2 amide bonds. The number of fused-ring (bicyclic) bond motifs is 2. The van der Waals surface area contributed by atoms with Gasteiger partial charge in [-0.05, 0) is 55.4 Å². The lowest BCUT2D eigenvalue weighted by Gasteiger charge is -2.33. The van der Waals surface area contributed by atoms with Gasteiger partial charge in [0.25, 0.3) is 5.91 Å². The molecule has 6 rings (SSSR count). The van der Waals surface area contributed by atoms with Crippen LogP contribution in [0.15, 0.2) is 52.1 Å². The smallest absolute Gasteiger partial charge is 0.378 e. The second-order valence-electron chi connectivity index (χ2n) is 10.2. The number of hydrogen-bond donors (Lipinski definition) is 3. The van der Waals surface area contributed by atoms with Crippen LogP contribution in [0.25, 0.3) is 16.9 Å². The van der Waals surface area contributed by atoms with Gasteiger partial charge >= 0.3 is 5.51 Å². The zero-order valence-corrected chi connectivity index (χ0v) is 23.0. The third kappa shape index (κ3) is 5.79. The summed E-state index contributed by atoms with van der Waals surface area (Å²) in [5, 5.41) is 12.2. The van der Waals surface area contributed by atoms with Crippen molar-refractivity contribution in [2.75, 3.05) is 30.8 Å². The molecule has 0 unspecified atom stereocenters. The molecule has 3 aromatic heterocycles. The minimum absolute atomic E-state index is 0.0143. The van der Waals surface area contributed by atoms with Crippen LogP contribution in [-0.2, 0) is 17.8 Å². The molecule has 0 bridgehead atoms. The van der Waals surface area contributed by atoms with E-state index in [9.17, 15) is 27.2 Å². The summed E-state index contributed by atoms with van der Waals surface area (Å²) >= 11 is -0.317. The first kappa shape index (κ1) is 28.0. The van der Waals surface area contributed by atoms with Crippen molar-refractivity contribution in [3.63, 3.8) is 0 Å². The van der Waals surface area contributed by atoms with Crippen LogP contribution >= 0.6 is 11.8 Å². The molecule has 1 fully saturated rings. The van der Waals surface area contributed by atoms with Crippen LogP contribution in [0.3, 0.4) is 0 Å². The third-order valence-corrected chi connectivity index (χ3v) is 8.00. The highest BCUT2D eigenvalue weighted by Gasteiger charge is 2.34. The molecule has 15 heteroatoms. The van der Waals surface area contributed by atoms with Gasteiger partial charge in [0, 0.05) is 42.3 Å². The second-order valence-corrected chi connectivity index (χ2v) is 11.3. The Kier molecular flexibility index (Phi) is 7.30. The predicted octanol–water partition coefficient (Wildman–Crippen LogP) is 4.48. The topological polar surface area (TPSA) is 117 Å². The number of nitrogens with one attached hydrogen (secondary N) is 3. The Morgan fingerprint density at radius 1 is 1.26 bits per heavy atom. The lowest BCUT2D eigenvalue weighted by atomic mass is 10.0. The van der Waals surface area contributed by atoms with E-state index in [-0.39, 0.29) is 59.5 Å². The molecule has 10 nitrogen and oxygen atoms in total. The molecule has 3 N–H and O–H groups in total. The van der Waals surface area contributed by atoms with Crippen molar-refractivity contribution in [2.24, 2.45) is 0 Å². The van der Waals surface area contributed by atoms with E-state index in [0.29, 0.717) is 41.0 Å². The van der Waals surface area contributed by atoms with E-state index in [1.165, 1.54) is 16.7 Å². The largest absolute Gasteiger partial charge is 0.447 e. The molecule has 2 atom stereocenters. The molecule has 1 saturated heterocycles. The first-order valence-electron chi connectivity index (χ1n) is 13.1. The number of carbonyl (C=O) groups is 2. The summed E-state index contributed by atoms with van der Waals surface area (Å²) in [6.07, 6.45) is 1.06. The lowest BCUT2D eigenvalue weighted by molar-refractivity contribution is -0.115. The number of aromatic nitrogens is 3. The van der Waals surface area contributed by atoms with E-state index in [0.717, 1.165) is 0 Å². The van der Waals surface area contributed by atoms with E-state index in [1.807, 2.05) is 11.9 Å². The Morgan fingerprint density at radius 2 is 2.10 bits per heavy atom. The fourth-order valence-electron chi connectivity index (χ4n) is 5.15. The Bertz CT molecular complexity index is 1670. The number of rotatable bonds is 7. The number of piperidine rings is 1. The highest BCUT2D eigenvalue weighted by atomic mass is 32.2. The van der Waals surface area contributed by atoms with Crippen LogP contribution in [-0.4, -0.2) is 69.1 Å². The number of hydrogen-bond acceptors (Lipinski definition) is 8. The van der Waals surface area contributed by atoms with E-state index in [1.54, 1.807) is 30.3 Å². The maximum Gasteiger partial charge on any atom is 0.447 e. The number of anilines is 2. The van der Waals surface area contributed by atoms with Gasteiger partial charge in [-0.15, -0.1) is 0 Å². The van der Waals surface area contributed by atoms with Crippen LogP contribution in [0.1, 0.15) is 28.2 Å².